The lowest BCUT2D eigenvalue weighted by Gasteiger charge is -2.30. The van der Waals surface area contributed by atoms with Crippen molar-refractivity contribution in [2.75, 3.05) is 11.5 Å². The third-order valence-electron chi connectivity index (χ3n) is 3.92. The molecule has 0 saturated carbocycles. The Morgan fingerprint density at radius 1 is 1.25 bits per heavy atom. The predicted molar refractivity (Wildman–Crippen MR) is 90.6 cm³/mol. The average molecular weight is 340 g/mol. The maximum Gasteiger partial charge on any atom is 0.265 e. The van der Waals surface area contributed by atoms with Gasteiger partial charge in [-0.1, -0.05) is 18.2 Å². The topological polar surface area (TPSA) is 42.4 Å². The van der Waals surface area contributed by atoms with E-state index in [2.05, 4.69) is 4.98 Å². The van der Waals surface area contributed by atoms with Crippen LogP contribution in [0.1, 0.15) is 5.56 Å². The van der Waals surface area contributed by atoms with Crippen molar-refractivity contribution >= 4 is 22.9 Å². The van der Waals surface area contributed by atoms with Crippen LogP contribution in [0.25, 0.3) is 11.3 Å². The molecule has 1 aliphatic rings. The molecular weight excluding hydrogens is 327 g/mol. The van der Waals surface area contributed by atoms with E-state index < -0.39 is 0 Å². The molecule has 0 unspecified atom stereocenters. The SMILES string of the molecule is O=C1COc2ccc(-c3cscn3)cc2N1Cc1ccccc1F. The van der Waals surface area contributed by atoms with Crippen LogP contribution in [0.5, 0.6) is 5.75 Å². The van der Waals surface area contributed by atoms with Gasteiger partial charge >= 0.3 is 0 Å². The molecule has 3 aromatic rings. The number of amides is 1. The first-order valence-electron chi connectivity index (χ1n) is 7.41. The van der Waals surface area contributed by atoms with Gasteiger partial charge in [0.2, 0.25) is 0 Å². The molecule has 2 aromatic carbocycles. The predicted octanol–water partition coefficient (Wildman–Crippen LogP) is 3.87. The zero-order chi connectivity index (χ0) is 16.5. The Kier molecular flexibility index (Phi) is 3.74. The Balaban J connectivity index is 1.75. The average Bonchev–Trinajstić information content (AvgIpc) is 3.13. The Morgan fingerprint density at radius 3 is 2.92 bits per heavy atom. The van der Waals surface area contributed by atoms with Gasteiger partial charge in [0.15, 0.2) is 6.61 Å². The van der Waals surface area contributed by atoms with Crippen LogP contribution in [0.2, 0.25) is 0 Å². The van der Waals surface area contributed by atoms with Gasteiger partial charge in [-0.05, 0) is 24.3 Å². The molecule has 0 bridgehead atoms. The second-order valence-corrected chi connectivity index (χ2v) is 6.13. The third kappa shape index (κ3) is 2.65. The number of fused-ring (bicyclic) bond motifs is 1. The van der Waals surface area contributed by atoms with Crippen LogP contribution >= 0.6 is 11.3 Å². The van der Waals surface area contributed by atoms with E-state index >= 15 is 0 Å². The van der Waals surface area contributed by atoms with E-state index in [0.717, 1.165) is 11.3 Å². The van der Waals surface area contributed by atoms with Gasteiger partial charge in [-0.25, -0.2) is 9.37 Å². The van der Waals surface area contributed by atoms with Crippen LogP contribution in [0, 0.1) is 5.82 Å². The number of hydrogen-bond acceptors (Lipinski definition) is 4. The maximum atomic E-state index is 14.0. The number of carbonyl (C=O) groups is 1. The zero-order valence-corrected chi connectivity index (χ0v) is 13.4. The molecule has 24 heavy (non-hydrogen) atoms. The van der Waals surface area contributed by atoms with E-state index in [9.17, 15) is 9.18 Å². The molecule has 1 aromatic heterocycles. The van der Waals surface area contributed by atoms with E-state index in [1.54, 1.807) is 28.6 Å². The van der Waals surface area contributed by atoms with Gasteiger partial charge in [0.05, 0.1) is 23.4 Å². The van der Waals surface area contributed by atoms with Crippen molar-refractivity contribution in [2.45, 2.75) is 6.54 Å². The number of carbonyl (C=O) groups excluding carboxylic acids is 1. The number of aromatic nitrogens is 1. The fourth-order valence-corrected chi connectivity index (χ4v) is 3.25. The summed E-state index contributed by atoms with van der Waals surface area (Å²) in [6.07, 6.45) is 0. The summed E-state index contributed by atoms with van der Waals surface area (Å²) in [7, 11) is 0. The van der Waals surface area contributed by atoms with E-state index in [1.807, 2.05) is 23.6 Å². The third-order valence-corrected chi connectivity index (χ3v) is 4.50. The van der Waals surface area contributed by atoms with Crippen molar-refractivity contribution in [2.24, 2.45) is 0 Å². The van der Waals surface area contributed by atoms with Crippen LogP contribution in [0.3, 0.4) is 0 Å². The first kappa shape index (κ1) is 14.8. The van der Waals surface area contributed by atoms with E-state index in [4.69, 9.17) is 4.74 Å². The van der Waals surface area contributed by atoms with Crippen LogP contribution in [-0.4, -0.2) is 17.5 Å². The molecule has 0 saturated heterocycles. The molecule has 0 spiro atoms. The molecule has 2 heterocycles. The van der Waals surface area contributed by atoms with E-state index in [0.29, 0.717) is 17.0 Å². The lowest BCUT2D eigenvalue weighted by atomic mass is 10.1. The van der Waals surface area contributed by atoms with Crippen molar-refractivity contribution in [1.82, 2.24) is 4.98 Å². The monoisotopic (exact) mass is 340 g/mol. The standard InChI is InChI=1S/C18H13FN2O2S/c19-14-4-2-1-3-13(14)8-21-16-7-12(15-10-24-11-20-15)5-6-17(16)23-9-18(21)22/h1-7,10-11H,8-9H2. The number of rotatable bonds is 3. The van der Waals surface area contributed by atoms with Crippen molar-refractivity contribution < 1.29 is 13.9 Å². The number of halogens is 1. The van der Waals surface area contributed by atoms with Crippen LogP contribution in [-0.2, 0) is 11.3 Å². The minimum absolute atomic E-state index is 0.0441. The normalized spacial score (nSPS) is 13.5. The molecule has 0 fully saturated rings. The van der Waals surface area contributed by atoms with Crippen LogP contribution in [0.15, 0.2) is 53.4 Å². The molecular formula is C18H13FN2O2S. The number of hydrogen-bond donors (Lipinski definition) is 0. The quantitative estimate of drug-likeness (QED) is 0.727. The Morgan fingerprint density at radius 2 is 2.12 bits per heavy atom. The van der Waals surface area contributed by atoms with Gasteiger partial charge in [-0.3, -0.25) is 4.79 Å². The number of ether oxygens (including phenoxy) is 1. The summed E-state index contributed by atoms with van der Waals surface area (Å²) >= 11 is 1.51. The summed E-state index contributed by atoms with van der Waals surface area (Å²) < 4.78 is 19.5. The zero-order valence-electron chi connectivity index (χ0n) is 12.6. The second kappa shape index (κ2) is 6.05. The highest BCUT2D eigenvalue weighted by molar-refractivity contribution is 7.07. The number of thiazole rings is 1. The second-order valence-electron chi connectivity index (χ2n) is 5.42. The summed E-state index contributed by atoms with van der Waals surface area (Å²) in [5, 5.41) is 1.94. The fraction of sp³-hybridized carbons (Fsp3) is 0.111. The molecule has 1 aliphatic heterocycles. The van der Waals surface area contributed by atoms with Gasteiger partial charge < -0.3 is 9.64 Å². The number of anilines is 1. The Labute approximate surface area is 142 Å². The highest BCUT2D eigenvalue weighted by Crippen LogP contribution is 2.36. The Bertz CT molecular complexity index is 896. The van der Waals surface area contributed by atoms with Gasteiger partial charge in [-0.2, -0.15) is 0 Å². The lowest BCUT2D eigenvalue weighted by Crippen LogP contribution is -2.38. The molecule has 6 heteroatoms. The summed E-state index contributed by atoms with van der Waals surface area (Å²) in [5.41, 5.74) is 4.60. The fourth-order valence-electron chi connectivity index (χ4n) is 2.69. The first-order valence-corrected chi connectivity index (χ1v) is 8.36. The summed E-state index contributed by atoms with van der Waals surface area (Å²) in [5.74, 6) is 0.0973. The number of benzene rings is 2. The molecule has 0 N–H and O–H groups in total. The van der Waals surface area contributed by atoms with Crippen LogP contribution < -0.4 is 9.64 Å². The smallest absolute Gasteiger partial charge is 0.265 e. The highest BCUT2D eigenvalue weighted by Gasteiger charge is 2.27. The Hall–Kier alpha value is -2.73. The van der Waals surface area contributed by atoms with Crippen LogP contribution in [0.4, 0.5) is 10.1 Å². The minimum atomic E-state index is -0.325. The van der Waals surface area contributed by atoms with Gasteiger partial charge in [-0.15, -0.1) is 11.3 Å². The summed E-state index contributed by atoms with van der Waals surface area (Å²) in [4.78, 5) is 18.2. The number of nitrogens with zero attached hydrogens (tertiary/aromatic N) is 2. The van der Waals surface area contributed by atoms with Gasteiger partial charge in [0.1, 0.15) is 11.6 Å². The minimum Gasteiger partial charge on any atom is -0.482 e. The largest absolute Gasteiger partial charge is 0.482 e. The molecule has 4 nitrogen and oxygen atoms in total. The molecule has 0 atom stereocenters. The maximum absolute atomic E-state index is 14.0. The van der Waals surface area contributed by atoms with Gasteiger partial charge in [0.25, 0.3) is 5.91 Å². The lowest BCUT2D eigenvalue weighted by molar-refractivity contribution is -0.121. The summed E-state index contributed by atoms with van der Waals surface area (Å²) in [6.45, 7) is 0.125. The van der Waals surface area contributed by atoms with Gasteiger partial charge in [0, 0.05) is 16.5 Å². The van der Waals surface area contributed by atoms with Crippen molar-refractivity contribution in [3.05, 3.63) is 64.7 Å². The molecule has 0 radical (unpaired) electrons. The van der Waals surface area contributed by atoms with E-state index in [-0.39, 0.29) is 24.9 Å². The van der Waals surface area contributed by atoms with Crippen molar-refractivity contribution in [3.63, 3.8) is 0 Å². The highest BCUT2D eigenvalue weighted by atomic mass is 32.1. The molecule has 0 aliphatic carbocycles. The van der Waals surface area contributed by atoms with Crippen molar-refractivity contribution in [1.29, 1.82) is 0 Å². The molecule has 1 amide bonds. The molecule has 120 valence electrons. The summed E-state index contributed by atoms with van der Waals surface area (Å²) in [6, 6.07) is 12.1. The molecule has 4 rings (SSSR count). The first-order chi connectivity index (χ1) is 11.7. The van der Waals surface area contributed by atoms with Crippen molar-refractivity contribution in [3.8, 4) is 17.0 Å². The van der Waals surface area contributed by atoms with E-state index in [1.165, 1.54) is 17.4 Å².